The number of rotatable bonds is 4. The third kappa shape index (κ3) is 3.64. The second-order valence-electron chi connectivity index (χ2n) is 5.84. The molecule has 0 aliphatic carbocycles. The van der Waals surface area contributed by atoms with Gasteiger partial charge in [-0.25, -0.2) is 23.5 Å². The van der Waals surface area contributed by atoms with Crippen LogP contribution in [0.25, 0.3) is 5.69 Å². The standard InChI is InChI=1S/C17H13ClN4O5S/c1-9-7-11(22(26)27)8-13(18)14(9)28-12-5-3-10(4-6-12)21-16(24)19-15(23)20(2)17(21)25/h3-8H,1-2H3,(H,19,23,24). The van der Waals surface area contributed by atoms with Crippen LogP contribution in [0.15, 0.2) is 60.6 Å². The van der Waals surface area contributed by atoms with Gasteiger partial charge in [0.05, 0.1) is 15.6 Å². The Balaban J connectivity index is 1.97. The van der Waals surface area contributed by atoms with E-state index in [9.17, 15) is 24.5 Å². The number of aromatic amines is 1. The molecule has 9 nitrogen and oxygen atoms in total. The van der Waals surface area contributed by atoms with Crippen molar-refractivity contribution in [2.45, 2.75) is 16.7 Å². The average molecular weight is 421 g/mol. The van der Waals surface area contributed by atoms with Gasteiger partial charge in [0.1, 0.15) is 0 Å². The van der Waals surface area contributed by atoms with Gasteiger partial charge in [0, 0.05) is 29.0 Å². The minimum absolute atomic E-state index is 0.0875. The molecule has 0 aliphatic rings. The lowest BCUT2D eigenvalue weighted by Gasteiger charge is -2.10. The highest BCUT2D eigenvalue weighted by Gasteiger charge is 2.15. The van der Waals surface area contributed by atoms with E-state index in [0.29, 0.717) is 10.5 Å². The van der Waals surface area contributed by atoms with Crippen molar-refractivity contribution in [3.05, 3.63) is 88.6 Å². The van der Waals surface area contributed by atoms with Crippen LogP contribution >= 0.6 is 23.4 Å². The van der Waals surface area contributed by atoms with Crippen molar-refractivity contribution in [2.24, 2.45) is 7.05 Å². The lowest BCUT2D eigenvalue weighted by molar-refractivity contribution is -0.384. The number of aromatic nitrogens is 3. The summed E-state index contributed by atoms with van der Waals surface area (Å²) < 4.78 is 1.64. The molecule has 1 aromatic heterocycles. The van der Waals surface area contributed by atoms with Crippen LogP contribution in [0.4, 0.5) is 5.69 Å². The van der Waals surface area contributed by atoms with Gasteiger partial charge in [-0.3, -0.25) is 15.1 Å². The fraction of sp³-hybridized carbons (Fsp3) is 0.118. The minimum atomic E-state index is -0.831. The van der Waals surface area contributed by atoms with E-state index in [1.165, 1.54) is 30.9 Å². The predicted molar refractivity (Wildman–Crippen MR) is 105 cm³/mol. The third-order valence-electron chi connectivity index (χ3n) is 3.94. The van der Waals surface area contributed by atoms with Gasteiger partial charge in [-0.05, 0) is 36.8 Å². The van der Waals surface area contributed by atoms with Crippen molar-refractivity contribution < 1.29 is 4.92 Å². The molecule has 0 aliphatic heterocycles. The van der Waals surface area contributed by atoms with Crippen LogP contribution < -0.4 is 17.1 Å². The van der Waals surface area contributed by atoms with Crippen molar-refractivity contribution >= 4 is 29.1 Å². The third-order valence-corrected chi connectivity index (χ3v) is 5.60. The molecule has 0 radical (unpaired) electrons. The monoisotopic (exact) mass is 420 g/mol. The summed E-state index contributed by atoms with van der Waals surface area (Å²) in [6.45, 7) is 1.72. The first-order valence-electron chi connectivity index (χ1n) is 7.84. The van der Waals surface area contributed by atoms with Crippen LogP contribution in [-0.4, -0.2) is 19.0 Å². The second-order valence-corrected chi connectivity index (χ2v) is 7.33. The largest absolute Gasteiger partial charge is 0.340 e. The maximum Gasteiger partial charge on any atom is 0.340 e. The number of non-ortho nitro benzene ring substituents is 1. The number of nitro benzene ring substituents is 1. The Morgan fingerprint density at radius 3 is 2.32 bits per heavy atom. The highest BCUT2D eigenvalue weighted by Crippen LogP contribution is 2.38. The first kappa shape index (κ1) is 19.6. The zero-order chi connectivity index (χ0) is 20.6. The van der Waals surface area contributed by atoms with Crippen LogP contribution in [0, 0.1) is 17.0 Å². The number of halogens is 1. The van der Waals surface area contributed by atoms with Gasteiger partial charge in [-0.2, -0.15) is 0 Å². The number of aryl methyl sites for hydroxylation is 1. The molecule has 3 rings (SSSR count). The number of nitrogens with zero attached hydrogens (tertiary/aromatic N) is 3. The molecule has 0 spiro atoms. The molecule has 0 amide bonds. The van der Waals surface area contributed by atoms with E-state index >= 15 is 0 Å². The van der Waals surface area contributed by atoms with Gasteiger partial charge < -0.3 is 0 Å². The van der Waals surface area contributed by atoms with Crippen LogP contribution in [0.5, 0.6) is 0 Å². The maximum absolute atomic E-state index is 12.2. The molecule has 1 heterocycles. The van der Waals surface area contributed by atoms with Crippen LogP contribution in [-0.2, 0) is 7.05 Å². The van der Waals surface area contributed by atoms with Crippen molar-refractivity contribution in [1.29, 1.82) is 0 Å². The molecule has 2 aromatic carbocycles. The molecule has 28 heavy (non-hydrogen) atoms. The summed E-state index contributed by atoms with van der Waals surface area (Å²) in [6, 6.07) is 9.18. The van der Waals surface area contributed by atoms with Crippen LogP contribution in [0.2, 0.25) is 5.02 Å². The summed E-state index contributed by atoms with van der Waals surface area (Å²) >= 11 is 7.48. The molecule has 0 saturated carbocycles. The topological polar surface area (TPSA) is 120 Å². The van der Waals surface area contributed by atoms with E-state index in [1.807, 2.05) is 0 Å². The molecule has 11 heteroatoms. The molecule has 3 aromatic rings. The van der Waals surface area contributed by atoms with E-state index in [2.05, 4.69) is 4.98 Å². The molecule has 0 bridgehead atoms. The molecule has 0 unspecified atom stereocenters. The van der Waals surface area contributed by atoms with Crippen molar-refractivity contribution in [3.63, 3.8) is 0 Å². The zero-order valence-corrected chi connectivity index (χ0v) is 16.2. The second kappa shape index (κ2) is 7.49. The quantitative estimate of drug-likeness (QED) is 0.510. The first-order valence-corrected chi connectivity index (χ1v) is 9.03. The summed E-state index contributed by atoms with van der Waals surface area (Å²) in [5, 5.41) is 11.2. The smallest absolute Gasteiger partial charge is 0.258 e. The molecular formula is C17H13ClN4O5S. The van der Waals surface area contributed by atoms with E-state index < -0.39 is 22.0 Å². The molecule has 0 atom stereocenters. The SMILES string of the molecule is Cc1cc([N+](=O)[O-])cc(Cl)c1Sc1ccc(-n2c(=O)[nH]c(=O)n(C)c2=O)cc1. The zero-order valence-electron chi connectivity index (χ0n) is 14.6. The van der Waals surface area contributed by atoms with Gasteiger partial charge in [0.2, 0.25) is 0 Å². The van der Waals surface area contributed by atoms with Crippen molar-refractivity contribution in [3.8, 4) is 5.69 Å². The van der Waals surface area contributed by atoms with Gasteiger partial charge in [0.15, 0.2) is 0 Å². The predicted octanol–water partition coefficient (Wildman–Crippen LogP) is 2.25. The minimum Gasteiger partial charge on any atom is -0.258 e. The number of benzene rings is 2. The highest BCUT2D eigenvalue weighted by molar-refractivity contribution is 7.99. The van der Waals surface area contributed by atoms with Crippen molar-refractivity contribution in [2.75, 3.05) is 0 Å². The molecule has 0 fully saturated rings. The molecule has 0 saturated heterocycles. The van der Waals surface area contributed by atoms with E-state index in [1.54, 1.807) is 31.2 Å². The summed E-state index contributed by atoms with van der Waals surface area (Å²) in [5.41, 5.74) is -1.53. The molecule has 144 valence electrons. The average Bonchev–Trinajstić information content (AvgIpc) is 2.63. The Labute approximate surface area is 166 Å². The fourth-order valence-electron chi connectivity index (χ4n) is 2.51. The van der Waals surface area contributed by atoms with Crippen LogP contribution in [0.3, 0.4) is 0 Å². The Morgan fingerprint density at radius 2 is 1.75 bits per heavy atom. The normalized spacial score (nSPS) is 10.8. The van der Waals surface area contributed by atoms with E-state index in [4.69, 9.17) is 11.6 Å². The summed E-state index contributed by atoms with van der Waals surface area (Å²) in [5.74, 6) is 0. The van der Waals surface area contributed by atoms with Crippen molar-refractivity contribution in [1.82, 2.24) is 14.1 Å². The maximum atomic E-state index is 12.2. The lowest BCUT2D eigenvalue weighted by atomic mass is 10.2. The van der Waals surface area contributed by atoms with E-state index in [0.717, 1.165) is 14.0 Å². The lowest BCUT2D eigenvalue weighted by Crippen LogP contribution is -2.47. The fourth-order valence-corrected chi connectivity index (χ4v) is 3.77. The number of H-pyrrole nitrogens is 1. The Morgan fingerprint density at radius 1 is 1.11 bits per heavy atom. The van der Waals surface area contributed by atoms with E-state index in [-0.39, 0.29) is 16.4 Å². The molecular weight excluding hydrogens is 408 g/mol. The number of nitro groups is 1. The number of hydrogen-bond donors (Lipinski definition) is 1. The number of nitrogens with one attached hydrogen (secondary N) is 1. The Bertz CT molecular complexity index is 1240. The van der Waals surface area contributed by atoms with Gasteiger partial charge in [-0.1, -0.05) is 23.4 Å². The Kier molecular flexibility index (Phi) is 5.25. The van der Waals surface area contributed by atoms with Gasteiger partial charge in [0.25, 0.3) is 5.69 Å². The van der Waals surface area contributed by atoms with Crippen LogP contribution in [0.1, 0.15) is 5.56 Å². The van der Waals surface area contributed by atoms with Gasteiger partial charge in [-0.15, -0.1) is 0 Å². The molecule has 1 N–H and O–H groups in total. The first-order chi connectivity index (χ1) is 13.2. The summed E-state index contributed by atoms with van der Waals surface area (Å²) in [4.78, 5) is 49.5. The highest BCUT2D eigenvalue weighted by atomic mass is 35.5. The van der Waals surface area contributed by atoms with Gasteiger partial charge >= 0.3 is 17.1 Å². The number of hydrogen-bond acceptors (Lipinski definition) is 6. The summed E-state index contributed by atoms with van der Waals surface area (Å²) in [7, 11) is 1.26. The Hall–Kier alpha value is -3.11. The summed E-state index contributed by atoms with van der Waals surface area (Å²) in [6.07, 6.45) is 0.